The minimum atomic E-state index is -0.480. The minimum absolute atomic E-state index is 0.0198. The van der Waals surface area contributed by atoms with Crippen LogP contribution in [0.1, 0.15) is 69.4 Å². The quantitative estimate of drug-likeness (QED) is 0.394. The number of nitrogens with one attached hydrogen (secondary N) is 1. The van der Waals surface area contributed by atoms with E-state index < -0.39 is 6.04 Å². The molecule has 2 aromatic rings. The second kappa shape index (κ2) is 13.4. The van der Waals surface area contributed by atoms with Gasteiger partial charge in [-0.25, -0.2) is 0 Å². The van der Waals surface area contributed by atoms with Crippen LogP contribution in [0.25, 0.3) is 0 Å². The SMILES string of the molecule is CCC(C(=O)NC1CCCCC1)N(Cc1ccccc1C)C(=O)CCCOc1ccc(Cl)cc1. The van der Waals surface area contributed by atoms with E-state index >= 15 is 0 Å². The van der Waals surface area contributed by atoms with Crippen molar-refractivity contribution in [2.75, 3.05) is 6.61 Å². The Morgan fingerprint density at radius 3 is 2.47 bits per heavy atom. The van der Waals surface area contributed by atoms with Gasteiger partial charge in [0.05, 0.1) is 6.61 Å². The summed E-state index contributed by atoms with van der Waals surface area (Å²) in [6.45, 7) is 4.88. The van der Waals surface area contributed by atoms with Gasteiger partial charge in [-0.2, -0.15) is 0 Å². The average molecular weight is 485 g/mol. The molecule has 184 valence electrons. The first-order chi connectivity index (χ1) is 16.5. The Morgan fingerprint density at radius 2 is 1.79 bits per heavy atom. The number of amides is 2. The topological polar surface area (TPSA) is 58.6 Å². The maximum absolute atomic E-state index is 13.4. The molecule has 1 atom stereocenters. The lowest BCUT2D eigenvalue weighted by molar-refractivity contribution is -0.142. The van der Waals surface area contributed by atoms with E-state index in [2.05, 4.69) is 5.32 Å². The number of nitrogens with zero attached hydrogens (tertiary/aromatic N) is 1. The normalized spacial score (nSPS) is 14.9. The molecule has 34 heavy (non-hydrogen) atoms. The van der Waals surface area contributed by atoms with Crippen LogP contribution in [0.5, 0.6) is 5.75 Å². The predicted octanol–water partition coefficient (Wildman–Crippen LogP) is 6.06. The Labute approximate surface area is 208 Å². The van der Waals surface area contributed by atoms with Crippen LogP contribution in [0.3, 0.4) is 0 Å². The van der Waals surface area contributed by atoms with Crippen molar-refractivity contribution in [1.29, 1.82) is 0 Å². The highest BCUT2D eigenvalue weighted by atomic mass is 35.5. The third kappa shape index (κ3) is 7.76. The summed E-state index contributed by atoms with van der Waals surface area (Å²) in [7, 11) is 0. The van der Waals surface area contributed by atoms with Crippen molar-refractivity contribution in [2.45, 2.75) is 83.8 Å². The number of carbonyl (C=O) groups is 2. The van der Waals surface area contributed by atoms with Crippen LogP contribution in [-0.2, 0) is 16.1 Å². The molecule has 1 unspecified atom stereocenters. The van der Waals surface area contributed by atoms with Gasteiger partial charge in [0.25, 0.3) is 0 Å². The summed E-state index contributed by atoms with van der Waals surface area (Å²) < 4.78 is 5.75. The lowest BCUT2D eigenvalue weighted by Gasteiger charge is -2.33. The zero-order valence-corrected chi connectivity index (χ0v) is 21.2. The van der Waals surface area contributed by atoms with E-state index in [-0.39, 0.29) is 17.9 Å². The molecule has 0 spiro atoms. The number of carbonyl (C=O) groups excluding carboxylic acids is 2. The van der Waals surface area contributed by atoms with Gasteiger partial charge in [0.2, 0.25) is 11.8 Å². The second-order valence-electron chi connectivity index (χ2n) is 9.12. The van der Waals surface area contributed by atoms with Crippen molar-refractivity contribution in [3.05, 3.63) is 64.7 Å². The highest BCUT2D eigenvalue weighted by molar-refractivity contribution is 6.30. The molecule has 6 heteroatoms. The fourth-order valence-electron chi connectivity index (χ4n) is 4.52. The number of rotatable bonds is 11. The van der Waals surface area contributed by atoms with E-state index in [0.717, 1.165) is 42.6 Å². The van der Waals surface area contributed by atoms with Crippen molar-refractivity contribution < 1.29 is 14.3 Å². The lowest BCUT2D eigenvalue weighted by Crippen LogP contribution is -2.51. The molecular weight excluding hydrogens is 448 g/mol. The lowest BCUT2D eigenvalue weighted by atomic mass is 9.95. The Kier molecular flexibility index (Phi) is 10.3. The molecule has 0 radical (unpaired) electrons. The van der Waals surface area contributed by atoms with Crippen molar-refractivity contribution >= 4 is 23.4 Å². The Morgan fingerprint density at radius 1 is 1.09 bits per heavy atom. The third-order valence-corrected chi connectivity index (χ3v) is 6.81. The van der Waals surface area contributed by atoms with Crippen LogP contribution < -0.4 is 10.1 Å². The molecule has 0 aromatic heterocycles. The largest absolute Gasteiger partial charge is 0.494 e. The van der Waals surface area contributed by atoms with E-state index in [1.54, 1.807) is 17.0 Å². The number of halogens is 1. The maximum Gasteiger partial charge on any atom is 0.243 e. The van der Waals surface area contributed by atoms with Crippen molar-refractivity contribution in [1.82, 2.24) is 10.2 Å². The average Bonchev–Trinajstić information content (AvgIpc) is 2.84. The Bertz CT molecular complexity index is 926. The van der Waals surface area contributed by atoms with Gasteiger partial charge in [-0.05, 0) is 68.0 Å². The van der Waals surface area contributed by atoms with E-state index in [1.165, 1.54) is 6.42 Å². The first-order valence-electron chi connectivity index (χ1n) is 12.5. The van der Waals surface area contributed by atoms with Crippen molar-refractivity contribution in [3.63, 3.8) is 0 Å². The molecule has 0 heterocycles. The molecule has 5 nitrogen and oxygen atoms in total. The summed E-state index contributed by atoms with van der Waals surface area (Å²) in [5, 5.41) is 3.89. The molecule has 0 saturated heterocycles. The van der Waals surface area contributed by atoms with Crippen LogP contribution in [-0.4, -0.2) is 35.4 Å². The summed E-state index contributed by atoms with van der Waals surface area (Å²) >= 11 is 5.92. The van der Waals surface area contributed by atoms with Crippen molar-refractivity contribution in [2.24, 2.45) is 0 Å². The molecule has 1 fully saturated rings. The number of benzene rings is 2. The molecule has 2 aromatic carbocycles. The third-order valence-electron chi connectivity index (χ3n) is 6.56. The van der Waals surface area contributed by atoms with Crippen LogP contribution >= 0.6 is 11.6 Å². The Balaban J connectivity index is 1.65. The van der Waals surface area contributed by atoms with Crippen molar-refractivity contribution in [3.8, 4) is 5.75 Å². The van der Waals surface area contributed by atoms with E-state index in [0.29, 0.717) is 37.4 Å². The monoisotopic (exact) mass is 484 g/mol. The summed E-state index contributed by atoms with van der Waals surface area (Å²) in [5.74, 6) is 0.675. The van der Waals surface area contributed by atoms with Crippen LogP contribution in [0.15, 0.2) is 48.5 Å². The highest BCUT2D eigenvalue weighted by Gasteiger charge is 2.30. The smallest absolute Gasteiger partial charge is 0.243 e. The number of hydrogen-bond donors (Lipinski definition) is 1. The van der Waals surface area contributed by atoms with E-state index in [4.69, 9.17) is 16.3 Å². The maximum atomic E-state index is 13.4. The van der Waals surface area contributed by atoms with Gasteiger partial charge in [-0.1, -0.05) is 62.1 Å². The van der Waals surface area contributed by atoms with Crippen LogP contribution in [0, 0.1) is 6.92 Å². The standard InChI is InChI=1S/C28H37ClN2O3/c1-3-26(28(33)30-24-12-5-4-6-13-24)31(20-22-11-8-7-10-21(22)2)27(32)14-9-19-34-25-17-15-23(29)16-18-25/h7-8,10-11,15-18,24,26H,3-6,9,12-14,19-20H2,1-2H3,(H,30,33). The molecular formula is C28H37ClN2O3. The number of ether oxygens (including phenoxy) is 1. The molecule has 1 saturated carbocycles. The van der Waals surface area contributed by atoms with Gasteiger partial charge in [0, 0.05) is 24.0 Å². The first-order valence-corrected chi connectivity index (χ1v) is 12.9. The molecule has 0 bridgehead atoms. The number of hydrogen-bond acceptors (Lipinski definition) is 3. The van der Waals surface area contributed by atoms with Crippen LogP contribution in [0.4, 0.5) is 0 Å². The summed E-state index contributed by atoms with van der Waals surface area (Å²) in [6.07, 6.45) is 7.07. The fraction of sp³-hybridized carbons (Fsp3) is 0.500. The highest BCUT2D eigenvalue weighted by Crippen LogP contribution is 2.21. The first kappa shape index (κ1) is 26.1. The summed E-state index contributed by atoms with van der Waals surface area (Å²) in [4.78, 5) is 28.4. The molecule has 1 N–H and O–H groups in total. The van der Waals surface area contributed by atoms with Gasteiger partial charge in [-0.15, -0.1) is 0 Å². The zero-order chi connectivity index (χ0) is 24.3. The van der Waals surface area contributed by atoms with Gasteiger partial charge in [0.1, 0.15) is 11.8 Å². The zero-order valence-electron chi connectivity index (χ0n) is 20.4. The molecule has 1 aliphatic rings. The predicted molar refractivity (Wildman–Crippen MR) is 137 cm³/mol. The second-order valence-corrected chi connectivity index (χ2v) is 9.56. The molecule has 3 rings (SSSR count). The minimum Gasteiger partial charge on any atom is -0.494 e. The molecule has 0 aliphatic heterocycles. The van der Waals surface area contributed by atoms with E-state index in [9.17, 15) is 9.59 Å². The Hall–Kier alpha value is -2.53. The number of aryl methyl sites for hydroxylation is 1. The molecule has 2 amide bonds. The van der Waals surface area contributed by atoms with Crippen LogP contribution in [0.2, 0.25) is 5.02 Å². The fourth-order valence-corrected chi connectivity index (χ4v) is 4.65. The van der Waals surface area contributed by atoms with Gasteiger partial charge in [-0.3, -0.25) is 9.59 Å². The summed E-state index contributed by atoms with van der Waals surface area (Å²) in [6, 6.07) is 15.0. The molecule has 1 aliphatic carbocycles. The summed E-state index contributed by atoms with van der Waals surface area (Å²) in [5.41, 5.74) is 2.19. The van der Waals surface area contributed by atoms with Gasteiger partial charge < -0.3 is 15.0 Å². The van der Waals surface area contributed by atoms with E-state index in [1.807, 2.05) is 50.2 Å². The van der Waals surface area contributed by atoms with Gasteiger partial charge in [0.15, 0.2) is 0 Å². The van der Waals surface area contributed by atoms with Gasteiger partial charge >= 0.3 is 0 Å².